The van der Waals surface area contributed by atoms with E-state index in [0.717, 1.165) is 17.8 Å². The normalized spacial score (nSPS) is 11.0. The third-order valence-electron chi connectivity index (χ3n) is 3.34. The van der Waals surface area contributed by atoms with Gasteiger partial charge in [-0.3, -0.25) is 4.79 Å². The molecule has 0 aliphatic heterocycles. The number of halogens is 1. The van der Waals surface area contributed by atoms with Crippen LogP contribution >= 0.6 is 0 Å². The van der Waals surface area contributed by atoms with E-state index in [0.29, 0.717) is 18.7 Å². The van der Waals surface area contributed by atoms with Gasteiger partial charge in [0.2, 0.25) is 0 Å². The van der Waals surface area contributed by atoms with E-state index in [2.05, 4.69) is 10.4 Å². The van der Waals surface area contributed by atoms with E-state index in [9.17, 15) is 9.18 Å². The first-order valence-electron chi connectivity index (χ1n) is 7.36. The predicted octanol–water partition coefficient (Wildman–Crippen LogP) is 2.21. The van der Waals surface area contributed by atoms with Gasteiger partial charge in [-0.05, 0) is 43.1 Å². The summed E-state index contributed by atoms with van der Waals surface area (Å²) in [6.07, 6.45) is 2.28. The van der Waals surface area contributed by atoms with Gasteiger partial charge in [0.05, 0.1) is 23.1 Å². The second-order valence-corrected chi connectivity index (χ2v) is 5.38. The molecule has 1 aromatic carbocycles. The molecule has 0 bridgehead atoms. The van der Waals surface area contributed by atoms with Gasteiger partial charge in [0.15, 0.2) is 0 Å². The molecule has 1 heterocycles. The maximum atomic E-state index is 13.1. The van der Waals surface area contributed by atoms with Gasteiger partial charge in [-0.2, -0.15) is 5.10 Å². The highest BCUT2D eigenvalue weighted by atomic mass is 19.1. The minimum Gasteiger partial charge on any atom is -0.352 e. The minimum atomic E-state index is -0.304. The van der Waals surface area contributed by atoms with Gasteiger partial charge >= 0.3 is 0 Å². The van der Waals surface area contributed by atoms with E-state index in [-0.39, 0.29) is 17.6 Å². The summed E-state index contributed by atoms with van der Waals surface area (Å²) in [7, 11) is 0. The highest BCUT2D eigenvalue weighted by Gasteiger charge is 2.20. The maximum Gasteiger partial charge on any atom is 0.254 e. The molecule has 22 heavy (non-hydrogen) atoms. The van der Waals surface area contributed by atoms with Crippen LogP contribution in [0.1, 0.15) is 42.2 Å². The molecule has 118 valence electrons. The van der Waals surface area contributed by atoms with E-state index in [4.69, 9.17) is 5.73 Å². The van der Waals surface area contributed by atoms with Crippen LogP contribution < -0.4 is 11.1 Å². The van der Waals surface area contributed by atoms with Crippen molar-refractivity contribution < 1.29 is 9.18 Å². The van der Waals surface area contributed by atoms with Crippen molar-refractivity contribution in [3.05, 3.63) is 47.5 Å². The van der Waals surface area contributed by atoms with Crippen molar-refractivity contribution in [3.63, 3.8) is 0 Å². The van der Waals surface area contributed by atoms with Crippen LogP contribution in [0.3, 0.4) is 0 Å². The molecule has 0 aliphatic carbocycles. The van der Waals surface area contributed by atoms with Crippen molar-refractivity contribution in [2.24, 2.45) is 5.73 Å². The molecule has 0 spiro atoms. The number of carbonyl (C=O) groups is 1. The summed E-state index contributed by atoms with van der Waals surface area (Å²) in [5, 5.41) is 7.13. The molecular weight excluding hydrogens is 283 g/mol. The van der Waals surface area contributed by atoms with Crippen molar-refractivity contribution in [1.82, 2.24) is 15.1 Å². The Morgan fingerprint density at radius 2 is 2.05 bits per heavy atom. The zero-order valence-electron chi connectivity index (χ0n) is 12.8. The predicted molar refractivity (Wildman–Crippen MR) is 83.6 cm³/mol. The lowest BCUT2D eigenvalue weighted by molar-refractivity contribution is 0.0952. The Morgan fingerprint density at radius 3 is 2.64 bits per heavy atom. The van der Waals surface area contributed by atoms with Gasteiger partial charge in [-0.25, -0.2) is 9.07 Å². The molecule has 2 rings (SSSR count). The number of nitrogens with two attached hydrogens (primary N) is 1. The summed E-state index contributed by atoms with van der Waals surface area (Å²) in [6.45, 7) is 5.06. The lowest BCUT2D eigenvalue weighted by Crippen LogP contribution is -2.27. The number of hydrogen-bond donors (Lipinski definition) is 2. The molecule has 0 saturated heterocycles. The third kappa shape index (κ3) is 3.51. The number of rotatable bonds is 6. The Bertz CT molecular complexity index is 634. The molecule has 0 unspecified atom stereocenters. The highest BCUT2D eigenvalue weighted by Crippen LogP contribution is 2.23. The Balaban J connectivity index is 2.33. The fourth-order valence-electron chi connectivity index (χ4n) is 2.28. The summed E-state index contributed by atoms with van der Waals surface area (Å²) in [5.41, 5.74) is 7.49. The number of nitrogens with one attached hydrogen (secondary N) is 1. The van der Waals surface area contributed by atoms with Crippen molar-refractivity contribution >= 4 is 5.91 Å². The zero-order valence-corrected chi connectivity index (χ0v) is 12.8. The average Bonchev–Trinajstić information content (AvgIpc) is 2.93. The first-order chi connectivity index (χ1) is 10.5. The lowest BCUT2D eigenvalue weighted by Gasteiger charge is -2.13. The van der Waals surface area contributed by atoms with Crippen LogP contribution in [0.15, 0.2) is 30.5 Å². The van der Waals surface area contributed by atoms with E-state index in [1.165, 1.54) is 12.1 Å². The molecule has 6 heteroatoms. The van der Waals surface area contributed by atoms with Crippen LogP contribution in [0, 0.1) is 5.82 Å². The second-order valence-electron chi connectivity index (χ2n) is 5.38. The van der Waals surface area contributed by atoms with Crippen LogP contribution in [0.4, 0.5) is 4.39 Å². The largest absolute Gasteiger partial charge is 0.352 e. The number of hydrogen-bond acceptors (Lipinski definition) is 3. The summed E-state index contributed by atoms with van der Waals surface area (Å²) in [4.78, 5) is 12.3. The summed E-state index contributed by atoms with van der Waals surface area (Å²) in [6, 6.07) is 6.04. The van der Waals surface area contributed by atoms with Gasteiger partial charge in [0, 0.05) is 6.54 Å². The molecule has 0 saturated carbocycles. The molecule has 0 aliphatic rings. The molecule has 5 nitrogen and oxygen atoms in total. The molecular formula is C16H21FN4O. The molecule has 0 fully saturated rings. The van der Waals surface area contributed by atoms with Crippen molar-refractivity contribution in [3.8, 4) is 5.69 Å². The van der Waals surface area contributed by atoms with Gasteiger partial charge in [-0.15, -0.1) is 0 Å². The standard InChI is InChI=1S/C16H21FN4O/c1-11(2)15-14(16(22)19-9-3-8-18)10-20-21(15)13-6-4-12(17)5-7-13/h4-7,10-11H,3,8-9,18H2,1-2H3,(H,19,22). The fraction of sp³-hybridized carbons (Fsp3) is 0.375. The smallest absolute Gasteiger partial charge is 0.254 e. The number of carbonyl (C=O) groups excluding carboxylic acids is 1. The molecule has 0 radical (unpaired) electrons. The quantitative estimate of drug-likeness (QED) is 0.804. The van der Waals surface area contributed by atoms with E-state index < -0.39 is 0 Å². The van der Waals surface area contributed by atoms with Gasteiger partial charge in [-0.1, -0.05) is 13.8 Å². The number of nitrogens with zero attached hydrogens (tertiary/aromatic N) is 2. The summed E-state index contributed by atoms with van der Waals surface area (Å²) in [5.74, 6) is -0.366. The van der Waals surface area contributed by atoms with Gasteiger partial charge in [0.1, 0.15) is 5.82 Å². The van der Waals surface area contributed by atoms with Crippen LogP contribution in [0.2, 0.25) is 0 Å². The van der Waals surface area contributed by atoms with Crippen molar-refractivity contribution in [2.45, 2.75) is 26.2 Å². The van der Waals surface area contributed by atoms with E-state index in [1.54, 1.807) is 23.0 Å². The van der Waals surface area contributed by atoms with E-state index >= 15 is 0 Å². The summed E-state index contributed by atoms with van der Waals surface area (Å²) >= 11 is 0. The second kappa shape index (κ2) is 7.17. The Kier molecular flexibility index (Phi) is 5.27. The molecule has 1 aromatic heterocycles. The lowest BCUT2D eigenvalue weighted by atomic mass is 10.0. The van der Waals surface area contributed by atoms with Crippen molar-refractivity contribution in [2.75, 3.05) is 13.1 Å². The van der Waals surface area contributed by atoms with Gasteiger partial charge in [0.25, 0.3) is 5.91 Å². The third-order valence-corrected chi connectivity index (χ3v) is 3.34. The highest BCUT2D eigenvalue weighted by molar-refractivity contribution is 5.95. The number of benzene rings is 1. The molecule has 3 N–H and O–H groups in total. The Hall–Kier alpha value is -2.21. The summed E-state index contributed by atoms with van der Waals surface area (Å²) < 4.78 is 14.7. The minimum absolute atomic E-state index is 0.0998. The van der Waals surface area contributed by atoms with Crippen LogP contribution in [-0.4, -0.2) is 28.8 Å². The Labute approximate surface area is 129 Å². The monoisotopic (exact) mass is 304 g/mol. The molecule has 0 atom stereocenters. The fourth-order valence-corrected chi connectivity index (χ4v) is 2.28. The number of aromatic nitrogens is 2. The number of amides is 1. The average molecular weight is 304 g/mol. The first-order valence-corrected chi connectivity index (χ1v) is 7.36. The zero-order chi connectivity index (χ0) is 16.1. The van der Waals surface area contributed by atoms with Crippen molar-refractivity contribution in [1.29, 1.82) is 0 Å². The van der Waals surface area contributed by atoms with Crippen LogP contribution in [-0.2, 0) is 0 Å². The Morgan fingerprint density at radius 1 is 1.36 bits per heavy atom. The van der Waals surface area contributed by atoms with Crippen LogP contribution in [0.5, 0.6) is 0 Å². The van der Waals surface area contributed by atoms with Gasteiger partial charge < -0.3 is 11.1 Å². The van der Waals surface area contributed by atoms with Crippen LogP contribution in [0.25, 0.3) is 5.69 Å². The molecule has 1 amide bonds. The molecule has 2 aromatic rings. The SMILES string of the molecule is CC(C)c1c(C(=O)NCCCN)cnn1-c1ccc(F)cc1. The maximum absolute atomic E-state index is 13.1. The first kappa shape index (κ1) is 16.2. The van der Waals surface area contributed by atoms with E-state index in [1.807, 2.05) is 13.8 Å². The topological polar surface area (TPSA) is 72.9 Å².